The van der Waals surface area contributed by atoms with Gasteiger partial charge in [0.15, 0.2) is 0 Å². The van der Waals surface area contributed by atoms with Crippen LogP contribution in [0.25, 0.3) is 11.0 Å². The van der Waals surface area contributed by atoms with Gasteiger partial charge in [0, 0.05) is 36.3 Å². The fraction of sp³-hybridized carbons (Fsp3) is 0.400. The van der Waals surface area contributed by atoms with Crippen LogP contribution in [-0.2, 0) is 11.3 Å². The van der Waals surface area contributed by atoms with Crippen LogP contribution in [0.2, 0.25) is 0 Å². The van der Waals surface area contributed by atoms with Crippen molar-refractivity contribution in [3.8, 4) is 0 Å². The zero-order valence-corrected chi connectivity index (χ0v) is 17.3. The number of halogens is 1. The zero-order chi connectivity index (χ0) is 18.7. The minimum Gasteiger partial charge on any atom is -0.385 e. The van der Waals surface area contributed by atoms with E-state index in [0.717, 1.165) is 46.5 Å². The van der Waals surface area contributed by atoms with Crippen LogP contribution in [0.15, 0.2) is 34.9 Å². The van der Waals surface area contributed by atoms with Crippen molar-refractivity contribution in [2.45, 2.75) is 39.7 Å². The summed E-state index contributed by atoms with van der Waals surface area (Å²) < 4.78 is 8.33. The van der Waals surface area contributed by atoms with Gasteiger partial charge in [-0.15, -0.1) is 0 Å². The van der Waals surface area contributed by atoms with E-state index in [-0.39, 0.29) is 0 Å². The molecular formula is C20H25BrN4O. The van der Waals surface area contributed by atoms with E-state index in [2.05, 4.69) is 75.1 Å². The molecule has 0 aliphatic rings. The summed E-state index contributed by atoms with van der Waals surface area (Å²) in [5, 5.41) is 4.43. The van der Waals surface area contributed by atoms with E-state index >= 15 is 0 Å². The molecule has 138 valence electrons. The first-order valence-electron chi connectivity index (χ1n) is 8.88. The molecule has 0 fully saturated rings. The van der Waals surface area contributed by atoms with Gasteiger partial charge in [-0.3, -0.25) is 0 Å². The van der Waals surface area contributed by atoms with Crippen LogP contribution in [0, 0.1) is 6.92 Å². The molecule has 6 heteroatoms. The number of hydrogen-bond donors (Lipinski definition) is 1. The van der Waals surface area contributed by atoms with E-state index in [1.165, 1.54) is 5.56 Å². The van der Waals surface area contributed by atoms with Crippen LogP contribution >= 0.6 is 15.9 Å². The molecule has 2 aromatic heterocycles. The molecule has 3 rings (SSSR count). The van der Waals surface area contributed by atoms with Crippen LogP contribution in [-0.4, -0.2) is 28.3 Å². The van der Waals surface area contributed by atoms with Gasteiger partial charge in [0.2, 0.25) is 5.95 Å². The van der Waals surface area contributed by atoms with Gasteiger partial charge in [-0.1, -0.05) is 19.9 Å². The minimum atomic E-state index is 0.491. The van der Waals surface area contributed by atoms with Crippen molar-refractivity contribution in [1.29, 1.82) is 0 Å². The minimum absolute atomic E-state index is 0.491. The Bertz CT molecular complexity index is 904. The van der Waals surface area contributed by atoms with Crippen molar-refractivity contribution in [2.24, 2.45) is 0 Å². The highest BCUT2D eigenvalue weighted by Crippen LogP contribution is 2.29. The maximum absolute atomic E-state index is 5.15. The third-order valence-electron chi connectivity index (χ3n) is 4.46. The van der Waals surface area contributed by atoms with Gasteiger partial charge in [0.1, 0.15) is 5.65 Å². The summed E-state index contributed by atoms with van der Waals surface area (Å²) >= 11 is 3.65. The molecule has 0 saturated carbocycles. The molecule has 0 saturated heterocycles. The summed E-state index contributed by atoms with van der Waals surface area (Å²) in [6, 6.07) is 8.43. The van der Waals surface area contributed by atoms with E-state index in [4.69, 9.17) is 9.72 Å². The maximum Gasteiger partial charge on any atom is 0.229 e. The SMILES string of the molecule is COCCCn1ccc2c(C)nc(Nc3ccc(C(C)C)cc3Br)nc21. The molecule has 1 N–H and O–H groups in total. The molecule has 5 nitrogen and oxygen atoms in total. The van der Waals surface area contributed by atoms with Gasteiger partial charge in [-0.05, 0) is 59.0 Å². The first-order valence-corrected chi connectivity index (χ1v) is 9.67. The topological polar surface area (TPSA) is 52.0 Å². The number of aromatic nitrogens is 3. The highest BCUT2D eigenvalue weighted by atomic mass is 79.9. The van der Waals surface area contributed by atoms with E-state index in [9.17, 15) is 0 Å². The van der Waals surface area contributed by atoms with Crippen molar-refractivity contribution < 1.29 is 4.74 Å². The number of benzene rings is 1. The second-order valence-electron chi connectivity index (χ2n) is 6.74. The van der Waals surface area contributed by atoms with Crippen LogP contribution in [0.5, 0.6) is 0 Å². The Balaban J connectivity index is 1.89. The second kappa shape index (κ2) is 8.18. The number of aryl methyl sites for hydroxylation is 2. The number of ether oxygens (including phenoxy) is 1. The highest BCUT2D eigenvalue weighted by molar-refractivity contribution is 9.10. The molecular weight excluding hydrogens is 392 g/mol. The quantitative estimate of drug-likeness (QED) is 0.523. The Labute approximate surface area is 162 Å². The maximum atomic E-state index is 5.15. The van der Waals surface area contributed by atoms with Crippen molar-refractivity contribution in [3.63, 3.8) is 0 Å². The number of hydrogen-bond acceptors (Lipinski definition) is 4. The largest absolute Gasteiger partial charge is 0.385 e. The van der Waals surface area contributed by atoms with Gasteiger partial charge >= 0.3 is 0 Å². The monoisotopic (exact) mass is 416 g/mol. The van der Waals surface area contributed by atoms with Crippen molar-refractivity contribution in [2.75, 3.05) is 19.0 Å². The molecule has 0 bridgehead atoms. The van der Waals surface area contributed by atoms with Gasteiger partial charge < -0.3 is 14.6 Å². The summed E-state index contributed by atoms with van der Waals surface area (Å²) in [6.45, 7) is 8.01. The van der Waals surface area contributed by atoms with Crippen molar-refractivity contribution >= 4 is 38.6 Å². The smallest absolute Gasteiger partial charge is 0.229 e. The summed E-state index contributed by atoms with van der Waals surface area (Å²) in [7, 11) is 1.73. The third kappa shape index (κ3) is 4.07. The Kier molecular flexibility index (Phi) is 5.94. The number of fused-ring (bicyclic) bond motifs is 1. The summed E-state index contributed by atoms with van der Waals surface area (Å²) in [6.07, 6.45) is 3.02. The standard InChI is InChI=1S/C20H25BrN4O/c1-13(2)15-6-7-18(17(21)12-15)23-20-22-14(3)16-8-10-25(19(16)24-20)9-5-11-26-4/h6-8,10,12-13H,5,9,11H2,1-4H3,(H,22,23,24). The summed E-state index contributed by atoms with van der Waals surface area (Å²) in [4.78, 5) is 9.37. The lowest BCUT2D eigenvalue weighted by Gasteiger charge is -2.12. The fourth-order valence-electron chi connectivity index (χ4n) is 2.94. The van der Waals surface area contributed by atoms with E-state index < -0.39 is 0 Å². The molecule has 0 unspecified atom stereocenters. The Morgan fingerprint density at radius 1 is 1.23 bits per heavy atom. The highest BCUT2D eigenvalue weighted by Gasteiger charge is 2.11. The van der Waals surface area contributed by atoms with Crippen molar-refractivity contribution in [1.82, 2.24) is 14.5 Å². The average molecular weight is 417 g/mol. The Morgan fingerprint density at radius 2 is 2.04 bits per heavy atom. The van der Waals surface area contributed by atoms with Gasteiger partial charge in [0.25, 0.3) is 0 Å². The summed E-state index contributed by atoms with van der Waals surface area (Å²) in [5.41, 5.74) is 4.18. The molecule has 26 heavy (non-hydrogen) atoms. The predicted octanol–water partition coefficient (Wildman–Crippen LogP) is 5.41. The molecule has 2 heterocycles. The molecule has 0 aliphatic heterocycles. The molecule has 0 radical (unpaired) electrons. The zero-order valence-electron chi connectivity index (χ0n) is 15.7. The lowest BCUT2D eigenvalue weighted by atomic mass is 10.0. The van der Waals surface area contributed by atoms with Gasteiger partial charge in [-0.2, -0.15) is 4.98 Å². The number of anilines is 2. The molecule has 0 spiro atoms. The summed E-state index contributed by atoms with van der Waals surface area (Å²) in [5.74, 6) is 1.10. The molecule has 0 aliphatic carbocycles. The number of nitrogens with one attached hydrogen (secondary N) is 1. The van der Waals surface area contributed by atoms with Crippen LogP contribution < -0.4 is 5.32 Å². The molecule has 1 aromatic carbocycles. The lowest BCUT2D eigenvalue weighted by molar-refractivity contribution is 0.190. The lowest BCUT2D eigenvalue weighted by Crippen LogP contribution is -2.04. The van der Waals surface area contributed by atoms with Crippen LogP contribution in [0.4, 0.5) is 11.6 Å². The Morgan fingerprint density at radius 3 is 2.73 bits per heavy atom. The molecule has 3 aromatic rings. The first kappa shape index (κ1) is 18.9. The fourth-order valence-corrected chi connectivity index (χ4v) is 3.44. The van der Waals surface area contributed by atoms with Crippen LogP contribution in [0.3, 0.4) is 0 Å². The number of nitrogens with zero attached hydrogens (tertiary/aromatic N) is 3. The van der Waals surface area contributed by atoms with Crippen LogP contribution in [0.1, 0.15) is 37.4 Å². The van der Waals surface area contributed by atoms with Crippen molar-refractivity contribution in [3.05, 3.63) is 46.2 Å². The average Bonchev–Trinajstić information content (AvgIpc) is 3.00. The second-order valence-corrected chi connectivity index (χ2v) is 7.60. The van der Waals surface area contributed by atoms with Gasteiger partial charge in [0.05, 0.1) is 11.4 Å². The number of rotatable bonds is 7. The molecule has 0 atom stereocenters. The third-order valence-corrected chi connectivity index (χ3v) is 5.12. The first-order chi connectivity index (χ1) is 12.5. The van der Waals surface area contributed by atoms with Gasteiger partial charge in [-0.25, -0.2) is 4.98 Å². The molecule has 0 amide bonds. The normalized spacial score (nSPS) is 11.5. The number of methoxy groups -OCH3 is 1. The van der Waals surface area contributed by atoms with E-state index in [0.29, 0.717) is 11.9 Å². The Hall–Kier alpha value is -1.92. The van der Waals surface area contributed by atoms with E-state index in [1.807, 2.05) is 6.92 Å². The van der Waals surface area contributed by atoms with E-state index in [1.54, 1.807) is 7.11 Å². The predicted molar refractivity (Wildman–Crippen MR) is 110 cm³/mol.